The summed E-state index contributed by atoms with van der Waals surface area (Å²) >= 11 is 1.92. The third-order valence-electron chi connectivity index (χ3n) is 3.37. The van der Waals surface area contributed by atoms with Crippen molar-refractivity contribution in [2.24, 2.45) is 0 Å². The van der Waals surface area contributed by atoms with E-state index >= 15 is 0 Å². The van der Waals surface area contributed by atoms with E-state index in [1.807, 2.05) is 22.6 Å². The van der Waals surface area contributed by atoms with E-state index in [-0.39, 0.29) is 0 Å². The maximum atomic E-state index is 4.37. The number of hydrogen-bond donors (Lipinski definition) is 1. The SMILES string of the molecule is CCCNC(CSc1ccccc1)Cc1cnn(CC)c1. The lowest BCUT2D eigenvalue weighted by atomic mass is 10.1. The Labute approximate surface area is 132 Å². The molecule has 114 valence electrons. The van der Waals surface area contributed by atoms with Crippen molar-refractivity contribution in [1.82, 2.24) is 15.1 Å². The highest BCUT2D eigenvalue weighted by Crippen LogP contribution is 2.19. The highest BCUT2D eigenvalue weighted by atomic mass is 32.2. The van der Waals surface area contributed by atoms with Crippen LogP contribution in [0.1, 0.15) is 25.8 Å². The lowest BCUT2D eigenvalue weighted by molar-refractivity contribution is 0.549. The lowest BCUT2D eigenvalue weighted by Gasteiger charge is -2.17. The Morgan fingerprint density at radius 1 is 1.24 bits per heavy atom. The molecule has 0 amide bonds. The zero-order valence-electron chi connectivity index (χ0n) is 13.0. The van der Waals surface area contributed by atoms with Gasteiger partial charge in [0.15, 0.2) is 0 Å². The van der Waals surface area contributed by atoms with Gasteiger partial charge in [-0.25, -0.2) is 0 Å². The monoisotopic (exact) mass is 303 g/mol. The van der Waals surface area contributed by atoms with Crippen LogP contribution in [0.25, 0.3) is 0 Å². The van der Waals surface area contributed by atoms with Crippen LogP contribution < -0.4 is 5.32 Å². The van der Waals surface area contributed by atoms with Crippen molar-refractivity contribution < 1.29 is 0 Å². The Morgan fingerprint density at radius 2 is 2.05 bits per heavy atom. The molecule has 1 aromatic heterocycles. The smallest absolute Gasteiger partial charge is 0.0522 e. The van der Waals surface area contributed by atoms with E-state index < -0.39 is 0 Å². The van der Waals surface area contributed by atoms with Crippen molar-refractivity contribution in [1.29, 1.82) is 0 Å². The van der Waals surface area contributed by atoms with Crippen molar-refractivity contribution in [3.63, 3.8) is 0 Å². The van der Waals surface area contributed by atoms with Crippen LogP contribution in [0, 0.1) is 0 Å². The van der Waals surface area contributed by atoms with Crippen molar-refractivity contribution in [2.45, 2.75) is 44.2 Å². The first-order valence-corrected chi connectivity index (χ1v) is 8.73. The molecule has 21 heavy (non-hydrogen) atoms. The van der Waals surface area contributed by atoms with Gasteiger partial charge in [-0.15, -0.1) is 11.8 Å². The van der Waals surface area contributed by atoms with Crippen molar-refractivity contribution in [3.8, 4) is 0 Å². The largest absolute Gasteiger partial charge is 0.313 e. The molecule has 1 heterocycles. The molecule has 2 aromatic rings. The fourth-order valence-electron chi connectivity index (χ4n) is 2.22. The maximum absolute atomic E-state index is 4.37. The van der Waals surface area contributed by atoms with E-state index in [2.05, 4.69) is 60.8 Å². The number of rotatable bonds is 9. The molecule has 0 radical (unpaired) electrons. The first kappa shape index (κ1) is 16.1. The average Bonchev–Trinajstić information content (AvgIpc) is 2.98. The molecule has 1 aromatic carbocycles. The summed E-state index contributed by atoms with van der Waals surface area (Å²) in [5.41, 5.74) is 1.32. The Hall–Kier alpha value is -1.26. The number of nitrogens with one attached hydrogen (secondary N) is 1. The molecule has 0 saturated heterocycles. The van der Waals surface area contributed by atoms with Gasteiger partial charge in [-0.2, -0.15) is 5.10 Å². The number of benzene rings is 1. The van der Waals surface area contributed by atoms with E-state index in [9.17, 15) is 0 Å². The summed E-state index contributed by atoms with van der Waals surface area (Å²) in [4.78, 5) is 1.34. The third kappa shape index (κ3) is 5.56. The third-order valence-corrected chi connectivity index (χ3v) is 4.54. The van der Waals surface area contributed by atoms with Crippen LogP contribution in [0.4, 0.5) is 0 Å². The zero-order chi connectivity index (χ0) is 14.9. The van der Waals surface area contributed by atoms with Gasteiger partial charge in [-0.3, -0.25) is 4.68 Å². The Balaban J connectivity index is 1.90. The molecular weight excluding hydrogens is 278 g/mol. The Morgan fingerprint density at radius 3 is 2.71 bits per heavy atom. The molecule has 0 saturated carbocycles. The fraction of sp³-hybridized carbons (Fsp3) is 0.471. The molecule has 0 aliphatic heterocycles. The van der Waals surface area contributed by atoms with Gasteiger partial charge < -0.3 is 5.32 Å². The highest BCUT2D eigenvalue weighted by molar-refractivity contribution is 7.99. The molecule has 0 aliphatic rings. The van der Waals surface area contributed by atoms with Gasteiger partial charge in [0.25, 0.3) is 0 Å². The summed E-state index contributed by atoms with van der Waals surface area (Å²) in [5, 5.41) is 8.03. The van der Waals surface area contributed by atoms with Gasteiger partial charge in [0.05, 0.1) is 6.20 Å². The van der Waals surface area contributed by atoms with Crippen LogP contribution in [0.5, 0.6) is 0 Å². The molecule has 0 bridgehead atoms. The van der Waals surface area contributed by atoms with Crippen molar-refractivity contribution in [3.05, 3.63) is 48.3 Å². The van der Waals surface area contributed by atoms with Crippen LogP contribution in [-0.4, -0.2) is 28.1 Å². The lowest BCUT2D eigenvalue weighted by Crippen LogP contribution is -2.33. The van der Waals surface area contributed by atoms with Gasteiger partial charge in [-0.1, -0.05) is 25.1 Å². The van der Waals surface area contributed by atoms with Gasteiger partial charge in [0, 0.05) is 29.4 Å². The molecule has 0 spiro atoms. The summed E-state index contributed by atoms with van der Waals surface area (Å²) in [7, 11) is 0. The van der Waals surface area contributed by atoms with Crippen LogP contribution >= 0.6 is 11.8 Å². The van der Waals surface area contributed by atoms with Crippen LogP contribution in [0.3, 0.4) is 0 Å². The summed E-state index contributed by atoms with van der Waals surface area (Å²) < 4.78 is 2.00. The molecule has 1 atom stereocenters. The number of aryl methyl sites for hydroxylation is 1. The minimum atomic E-state index is 0.490. The predicted molar refractivity (Wildman–Crippen MR) is 90.9 cm³/mol. The minimum absolute atomic E-state index is 0.490. The molecule has 0 aliphatic carbocycles. The normalized spacial score (nSPS) is 12.5. The first-order chi connectivity index (χ1) is 10.3. The second kappa shape index (κ2) is 8.90. The Bertz CT molecular complexity index is 510. The summed E-state index contributed by atoms with van der Waals surface area (Å²) in [6.07, 6.45) is 6.37. The molecule has 1 unspecified atom stereocenters. The summed E-state index contributed by atoms with van der Waals surface area (Å²) in [6, 6.07) is 11.1. The molecule has 3 nitrogen and oxygen atoms in total. The van der Waals surface area contributed by atoms with E-state index in [0.717, 1.165) is 25.3 Å². The first-order valence-electron chi connectivity index (χ1n) is 7.74. The topological polar surface area (TPSA) is 29.9 Å². The standard InChI is InChI=1S/C17H25N3S/c1-3-10-18-16(11-15-12-19-20(4-2)13-15)14-21-17-8-6-5-7-9-17/h5-9,12-13,16,18H,3-4,10-11,14H2,1-2H3. The molecule has 0 fully saturated rings. The highest BCUT2D eigenvalue weighted by Gasteiger charge is 2.11. The second-order valence-corrected chi connectivity index (χ2v) is 6.28. The number of aromatic nitrogens is 2. The fourth-order valence-corrected chi connectivity index (χ4v) is 3.20. The number of nitrogens with zero attached hydrogens (tertiary/aromatic N) is 2. The van der Waals surface area contributed by atoms with Gasteiger partial charge in [0.1, 0.15) is 0 Å². The van der Waals surface area contributed by atoms with E-state index in [1.54, 1.807) is 0 Å². The van der Waals surface area contributed by atoms with Crippen LogP contribution in [0.2, 0.25) is 0 Å². The average molecular weight is 303 g/mol. The van der Waals surface area contributed by atoms with Crippen LogP contribution in [0.15, 0.2) is 47.6 Å². The molecule has 2 rings (SSSR count). The number of hydrogen-bond acceptors (Lipinski definition) is 3. The van der Waals surface area contributed by atoms with E-state index in [0.29, 0.717) is 6.04 Å². The molecule has 4 heteroatoms. The Kier molecular flexibility index (Phi) is 6.83. The molecular formula is C17H25N3S. The minimum Gasteiger partial charge on any atom is -0.313 e. The quantitative estimate of drug-likeness (QED) is 0.718. The second-order valence-electron chi connectivity index (χ2n) is 5.18. The van der Waals surface area contributed by atoms with Crippen LogP contribution in [-0.2, 0) is 13.0 Å². The van der Waals surface area contributed by atoms with Gasteiger partial charge in [-0.05, 0) is 44.0 Å². The molecule has 1 N–H and O–H groups in total. The van der Waals surface area contributed by atoms with Crippen molar-refractivity contribution >= 4 is 11.8 Å². The maximum Gasteiger partial charge on any atom is 0.0522 e. The van der Waals surface area contributed by atoms with E-state index in [4.69, 9.17) is 0 Å². The number of thioether (sulfide) groups is 1. The summed E-state index contributed by atoms with van der Waals surface area (Å²) in [6.45, 7) is 6.34. The van der Waals surface area contributed by atoms with E-state index in [1.165, 1.54) is 16.9 Å². The predicted octanol–water partition coefficient (Wildman–Crippen LogP) is 3.61. The van der Waals surface area contributed by atoms with Crippen molar-refractivity contribution in [2.75, 3.05) is 12.3 Å². The zero-order valence-corrected chi connectivity index (χ0v) is 13.8. The van der Waals surface area contributed by atoms with Gasteiger partial charge in [0.2, 0.25) is 0 Å². The summed E-state index contributed by atoms with van der Waals surface area (Å²) in [5.74, 6) is 1.08. The van der Waals surface area contributed by atoms with Gasteiger partial charge >= 0.3 is 0 Å².